The molecule has 2 fully saturated rings. The van der Waals surface area contributed by atoms with E-state index < -0.39 is 0 Å². The van der Waals surface area contributed by atoms with Gasteiger partial charge in [-0.25, -0.2) is 4.68 Å². The highest BCUT2D eigenvalue weighted by atomic mass is 16.2. The van der Waals surface area contributed by atoms with Crippen LogP contribution in [0.4, 0.5) is 0 Å². The number of piperidine rings is 1. The Morgan fingerprint density at radius 3 is 2.17 bits per heavy atom. The van der Waals surface area contributed by atoms with E-state index in [1.165, 1.54) is 12.8 Å². The lowest BCUT2D eigenvalue weighted by atomic mass is 9.95. The van der Waals surface area contributed by atoms with E-state index in [4.69, 9.17) is 0 Å². The van der Waals surface area contributed by atoms with Crippen LogP contribution in [0.25, 0.3) is 10.8 Å². The molecule has 0 spiro atoms. The predicted molar refractivity (Wildman–Crippen MR) is 113 cm³/mol. The second-order valence-electron chi connectivity index (χ2n) is 8.27. The minimum Gasteiger partial charge on any atom is -0.342 e. The van der Waals surface area contributed by atoms with E-state index in [1.54, 1.807) is 29.2 Å². The smallest absolute Gasteiger partial charge is 0.273 e. The van der Waals surface area contributed by atoms with Gasteiger partial charge in [0.15, 0.2) is 0 Å². The summed E-state index contributed by atoms with van der Waals surface area (Å²) >= 11 is 0. The fourth-order valence-corrected chi connectivity index (χ4v) is 4.52. The van der Waals surface area contributed by atoms with Crippen LogP contribution in [0.5, 0.6) is 0 Å². The van der Waals surface area contributed by atoms with Crippen LogP contribution < -0.4 is 11.1 Å². The van der Waals surface area contributed by atoms with Crippen LogP contribution in [0.3, 0.4) is 0 Å². The van der Waals surface area contributed by atoms with Crippen molar-refractivity contribution in [2.45, 2.75) is 45.1 Å². The first kappa shape index (κ1) is 20.4. The monoisotopic (exact) mass is 412 g/mol. The van der Waals surface area contributed by atoms with E-state index in [2.05, 4.69) is 5.10 Å². The number of hydrogen-bond donors (Lipinski definition) is 1. The number of H-pyrrole nitrogens is 1. The SMILES string of the molecule is O=C(Cn1[nH]c(=O)c2ccccc2c1=O)N1CCC(C(=O)N2CCCCCC2)CC1. The number of nitrogens with zero attached hydrogens (tertiary/aromatic N) is 3. The summed E-state index contributed by atoms with van der Waals surface area (Å²) in [5, 5.41) is 3.13. The van der Waals surface area contributed by atoms with Gasteiger partial charge in [0.25, 0.3) is 11.1 Å². The topological polar surface area (TPSA) is 95.5 Å². The Morgan fingerprint density at radius 1 is 0.867 bits per heavy atom. The zero-order valence-electron chi connectivity index (χ0n) is 17.1. The van der Waals surface area contributed by atoms with Gasteiger partial charge in [0.05, 0.1) is 10.8 Å². The summed E-state index contributed by atoms with van der Waals surface area (Å²) in [5.41, 5.74) is -0.774. The Balaban J connectivity index is 1.39. The van der Waals surface area contributed by atoms with E-state index in [1.807, 2.05) is 4.90 Å². The highest BCUT2D eigenvalue weighted by Crippen LogP contribution is 2.22. The van der Waals surface area contributed by atoms with Gasteiger partial charge in [-0.15, -0.1) is 0 Å². The van der Waals surface area contributed by atoms with Crippen LogP contribution in [0.15, 0.2) is 33.9 Å². The van der Waals surface area contributed by atoms with E-state index in [-0.39, 0.29) is 35.4 Å². The molecule has 1 aromatic carbocycles. The summed E-state index contributed by atoms with van der Waals surface area (Å²) in [5.74, 6) is -0.0295. The summed E-state index contributed by atoms with van der Waals surface area (Å²) in [7, 11) is 0. The molecular formula is C22H28N4O4. The standard InChI is InChI=1S/C22H28N4O4/c27-19(15-26-22(30)18-8-4-3-7-17(18)20(28)23-26)24-13-9-16(10-14-24)21(29)25-11-5-1-2-6-12-25/h3-4,7-8,16H,1-2,5-6,9-15H2,(H,23,28). The first-order chi connectivity index (χ1) is 14.5. The lowest BCUT2D eigenvalue weighted by Crippen LogP contribution is -2.46. The molecule has 0 saturated carbocycles. The molecule has 2 aromatic rings. The van der Waals surface area contributed by atoms with Crippen molar-refractivity contribution in [2.24, 2.45) is 5.92 Å². The molecule has 2 aliphatic rings. The van der Waals surface area contributed by atoms with Crippen molar-refractivity contribution in [1.82, 2.24) is 19.6 Å². The lowest BCUT2D eigenvalue weighted by Gasteiger charge is -2.34. The molecule has 0 radical (unpaired) electrons. The number of aromatic nitrogens is 2. The number of likely N-dealkylation sites (tertiary alicyclic amines) is 2. The van der Waals surface area contributed by atoms with Crippen molar-refractivity contribution < 1.29 is 9.59 Å². The molecule has 160 valence electrons. The second kappa shape index (κ2) is 8.85. The number of benzene rings is 1. The molecule has 8 nitrogen and oxygen atoms in total. The number of amides is 2. The molecule has 30 heavy (non-hydrogen) atoms. The zero-order valence-corrected chi connectivity index (χ0v) is 17.1. The van der Waals surface area contributed by atoms with Gasteiger partial charge in [0.2, 0.25) is 11.8 Å². The molecular weight excluding hydrogens is 384 g/mol. The number of nitrogens with one attached hydrogen (secondary N) is 1. The molecule has 2 aliphatic heterocycles. The van der Waals surface area contributed by atoms with Crippen LogP contribution in [-0.2, 0) is 16.1 Å². The summed E-state index contributed by atoms with van der Waals surface area (Å²) in [6.07, 6.45) is 5.80. The minimum absolute atomic E-state index is 0.0321. The number of carbonyl (C=O) groups excluding carboxylic acids is 2. The largest absolute Gasteiger partial charge is 0.342 e. The second-order valence-corrected chi connectivity index (χ2v) is 8.27. The minimum atomic E-state index is -0.389. The van der Waals surface area contributed by atoms with Crippen LogP contribution in [-0.4, -0.2) is 57.6 Å². The summed E-state index contributed by atoms with van der Waals surface area (Å²) in [6.45, 7) is 2.47. The van der Waals surface area contributed by atoms with E-state index in [0.717, 1.165) is 30.6 Å². The third kappa shape index (κ3) is 4.17. The third-order valence-electron chi connectivity index (χ3n) is 6.29. The highest BCUT2D eigenvalue weighted by molar-refractivity contribution is 5.82. The van der Waals surface area contributed by atoms with E-state index in [0.29, 0.717) is 36.7 Å². The van der Waals surface area contributed by atoms with E-state index in [9.17, 15) is 19.2 Å². The lowest BCUT2D eigenvalue weighted by molar-refractivity contribution is -0.141. The van der Waals surface area contributed by atoms with Crippen LogP contribution in [0.1, 0.15) is 38.5 Å². The van der Waals surface area contributed by atoms with Crippen LogP contribution >= 0.6 is 0 Å². The van der Waals surface area contributed by atoms with Gasteiger partial charge in [0.1, 0.15) is 6.54 Å². The number of hydrogen-bond acceptors (Lipinski definition) is 4. The molecule has 1 N–H and O–H groups in total. The van der Waals surface area contributed by atoms with Crippen molar-refractivity contribution in [3.05, 3.63) is 45.0 Å². The van der Waals surface area contributed by atoms with Gasteiger partial charge >= 0.3 is 0 Å². The fraction of sp³-hybridized carbons (Fsp3) is 0.545. The molecule has 2 amide bonds. The van der Waals surface area contributed by atoms with Gasteiger partial charge in [-0.2, -0.15) is 0 Å². The summed E-state index contributed by atoms with van der Waals surface area (Å²) < 4.78 is 1.08. The molecule has 4 rings (SSSR count). The Kier molecular flexibility index (Phi) is 6.01. The fourth-order valence-electron chi connectivity index (χ4n) is 4.52. The number of aromatic amines is 1. The zero-order chi connectivity index (χ0) is 21.1. The van der Waals surface area contributed by atoms with Gasteiger partial charge in [-0.3, -0.25) is 24.3 Å². The van der Waals surface area contributed by atoms with Crippen molar-refractivity contribution in [3.63, 3.8) is 0 Å². The Hall–Kier alpha value is -2.90. The first-order valence-electron chi connectivity index (χ1n) is 10.8. The van der Waals surface area contributed by atoms with Gasteiger partial charge in [0, 0.05) is 32.1 Å². The average Bonchev–Trinajstić information content (AvgIpc) is 3.06. The van der Waals surface area contributed by atoms with Crippen LogP contribution in [0.2, 0.25) is 0 Å². The number of fused-ring (bicyclic) bond motifs is 1. The van der Waals surface area contributed by atoms with E-state index >= 15 is 0 Å². The Morgan fingerprint density at radius 2 is 1.50 bits per heavy atom. The molecule has 0 atom stereocenters. The summed E-state index contributed by atoms with van der Waals surface area (Å²) in [4.78, 5) is 54.1. The predicted octanol–water partition coefficient (Wildman–Crippen LogP) is 1.33. The van der Waals surface area contributed by atoms with Crippen molar-refractivity contribution in [2.75, 3.05) is 26.2 Å². The number of rotatable bonds is 3. The maximum atomic E-state index is 12.8. The molecule has 2 saturated heterocycles. The molecule has 3 heterocycles. The molecule has 0 unspecified atom stereocenters. The average molecular weight is 412 g/mol. The number of carbonyl (C=O) groups is 2. The molecule has 8 heteroatoms. The van der Waals surface area contributed by atoms with Crippen molar-refractivity contribution >= 4 is 22.6 Å². The Labute approximate surface area is 174 Å². The summed E-state index contributed by atoms with van der Waals surface area (Å²) in [6, 6.07) is 6.58. The molecule has 1 aromatic heterocycles. The maximum Gasteiger partial charge on any atom is 0.273 e. The molecule has 0 bridgehead atoms. The first-order valence-corrected chi connectivity index (χ1v) is 10.8. The normalized spacial score (nSPS) is 18.4. The van der Waals surface area contributed by atoms with Crippen molar-refractivity contribution in [3.8, 4) is 0 Å². The third-order valence-corrected chi connectivity index (χ3v) is 6.29. The van der Waals surface area contributed by atoms with Gasteiger partial charge < -0.3 is 9.80 Å². The van der Waals surface area contributed by atoms with Crippen LogP contribution in [0, 0.1) is 5.92 Å². The quantitative estimate of drug-likeness (QED) is 0.823. The van der Waals surface area contributed by atoms with Crippen molar-refractivity contribution in [1.29, 1.82) is 0 Å². The maximum absolute atomic E-state index is 12.8. The van der Waals surface area contributed by atoms with Gasteiger partial charge in [-0.05, 0) is 37.8 Å². The van der Waals surface area contributed by atoms with Gasteiger partial charge in [-0.1, -0.05) is 25.0 Å². The Bertz CT molecular complexity index is 1040. The molecule has 0 aliphatic carbocycles. The highest BCUT2D eigenvalue weighted by Gasteiger charge is 2.30.